The molecule has 0 amide bonds. The number of nitrogens with one attached hydrogen (secondary N) is 1. The number of nitrogen functional groups attached to an aromatic ring is 1. The molecule has 6 nitrogen and oxygen atoms in total. The number of anilines is 2. The molecule has 0 aliphatic heterocycles. The van der Waals surface area contributed by atoms with Gasteiger partial charge in [-0.25, -0.2) is 4.98 Å². The molecule has 0 fully saturated rings. The molecular weight excluding hydrogens is 284 g/mol. The molecule has 17 heavy (non-hydrogen) atoms. The van der Waals surface area contributed by atoms with Gasteiger partial charge >= 0.3 is 0 Å². The van der Waals surface area contributed by atoms with E-state index in [1.54, 1.807) is 12.3 Å². The van der Waals surface area contributed by atoms with Gasteiger partial charge in [-0.05, 0) is 28.9 Å². The lowest BCUT2D eigenvalue weighted by atomic mass is 10.3. The van der Waals surface area contributed by atoms with Crippen LogP contribution >= 0.6 is 15.9 Å². The maximum absolute atomic E-state index is 5.63. The van der Waals surface area contributed by atoms with Crippen LogP contribution in [0.2, 0.25) is 0 Å². The average molecular weight is 297 g/mol. The zero-order valence-electron chi connectivity index (χ0n) is 9.34. The number of halogens is 1. The molecule has 1 atom stereocenters. The SMILES string of the molecule is CC(Cn1cccn1)Nc1nc(N)cc(Br)n1. The van der Waals surface area contributed by atoms with E-state index in [-0.39, 0.29) is 6.04 Å². The summed E-state index contributed by atoms with van der Waals surface area (Å²) in [6.07, 6.45) is 3.66. The summed E-state index contributed by atoms with van der Waals surface area (Å²) in [4.78, 5) is 8.29. The van der Waals surface area contributed by atoms with Gasteiger partial charge < -0.3 is 11.1 Å². The molecule has 2 rings (SSSR count). The third kappa shape index (κ3) is 3.42. The molecule has 2 heterocycles. The summed E-state index contributed by atoms with van der Waals surface area (Å²) >= 11 is 3.27. The molecule has 0 aliphatic rings. The molecule has 0 saturated heterocycles. The van der Waals surface area contributed by atoms with Gasteiger partial charge in [-0.2, -0.15) is 10.1 Å². The molecular formula is C10H13BrN6. The topological polar surface area (TPSA) is 81.7 Å². The first-order valence-electron chi connectivity index (χ1n) is 5.17. The van der Waals surface area contributed by atoms with E-state index in [2.05, 4.69) is 36.3 Å². The lowest BCUT2D eigenvalue weighted by Gasteiger charge is -2.14. The monoisotopic (exact) mass is 296 g/mol. The third-order valence-electron chi connectivity index (χ3n) is 2.11. The summed E-state index contributed by atoms with van der Waals surface area (Å²) in [5, 5.41) is 7.30. The van der Waals surface area contributed by atoms with Gasteiger partial charge in [0.2, 0.25) is 5.95 Å². The van der Waals surface area contributed by atoms with Crippen molar-refractivity contribution in [1.82, 2.24) is 19.7 Å². The Kier molecular flexibility index (Phi) is 3.58. The Morgan fingerprint density at radius 2 is 2.35 bits per heavy atom. The first-order chi connectivity index (χ1) is 8.13. The number of hydrogen-bond donors (Lipinski definition) is 2. The Labute approximate surface area is 107 Å². The minimum atomic E-state index is 0.156. The molecule has 0 aliphatic carbocycles. The van der Waals surface area contributed by atoms with E-state index in [0.29, 0.717) is 16.4 Å². The van der Waals surface area contributed by atoms with E-state index in [1.165, 1.54) is 0 Å². The van der Waals surface area contributed by atoms with Gasteiger partial charge in [-0.3, -0.25) is 4.68 Å². The molecule has 0 saturated carbocycles. The largest absolute Gasteiger partial charge is 0.383 e. The van der Waals surface area contributed by atoms with Gasteiger partial charge in [0.1, 0.15) is 10.4 Å². The van der Waals surface area contributed by atoms with Gasteiger partial charge in [0, 0.05) is 24.5 Å². The maximum Gasteiger partial charge on any atom is 0.225 e. The number of aromatic nitrogens is 4. The second-order valence-corrected chi connectivity index (χ2v) is 4.53. The predicted octanol–water partition coefficient (Wildman–Crippen LogP) is 1.52. The second kappa shape index (κ2) is 5.13. The molecule has 90 valence electrons. The Hall–Kier alpha value is -1.63. The highest BCUT2D eigenvalue weighted by atomic mass is 79.9. The lowest BCUT2D eigenvalue weighted by Crippen LogP contribution is -2.23. The summed E-state index contributed by atoms with van der Waals surface area (Å²) in [5.74, 6) is 0.942. The van der Waals surface area contributed by atoms with Crippen molar-refractivity contribution in [2.45, 2.75) is 19.5 Å². The van der Waals surface area contributed by atoms with Gasteiger partial charge in [0.25, 0.3) is 0 Å². The second-order valence-electron chi connectivity index (χ2n) is 3.71. The average Bonchev–Trinajstić information content (AvgIpc) is 2.67. The first kappa shape index (κ1) is 11.8. The van der Waals surface area contributed by atoms with Crippen LogP contribution in [0.25, 0.3) is 0 Å². The number of hydrogen-bond acceptors (Lipinski definition) is 5. The van der Waals surface area contributed by atoms with E-state index >= 15 is 0 Å². The van der Waals surface area contributed by atoms with Crippen molar-refractivity contribution >= 4 is 27.7 Å². The Balaban J connectivity index is 2.00. The highest BCUT2D eigenvalue weighted by Crippen LogP contribution is 2.13. The minimum absolute atomic E-state index is 0.156. The highest BCUT2D eigenvalue weighted by Gasteiger charge is 2.06. The highest BCUT2D eigenvalue weighted by molar-refractivity contribution is 9.10. The quantitative estimate of drug-likeness (QED) is 0.836. The van der Waals surface area contributed by atoms with Crippen LogP contribution < -0.4 is 11.1 Å². The van der Waals surface area contributed by atoms with E-state index in [9.17, 15) is 0 Å². The molecule has 1 unspecified atom stereocenters. The summed E-state index contributed by atoms with van der Waals surface area (Å²) in [7, 11) is 0. The number of rotatable bonds is 4. The van der Waals surface area contributed by atoms with Crippen molar-refractivity contribution in [3.05, 3.63) is 29.1 Å². The van der Waals surface area contributed by atoms with Crippen molar-refractivity contribution in [3.8, 4) is 0 Å². The van der Waals surface area contributed by atoms with Crippen LogP contribution in [0.4, 0.5) is 11.8 Å². The van der Waals surface area contributed by atoms with Crippen LogP contribution in [-0.4, -0.2) is 25.8 Å². The van der Waals surface area contributed by atoms with Crippen molar-refractivity contribution in [1.29, 1.82) is 0 Å². The Morgan fingerprint density at radius 3 is 3.00 bits per heavy atom. The van der Waals surface area contributed by atoms with Crippen LogP contribution in [0.1, 0.15) is 6.92 Å². The summed E-state index contributed by atoms with van der Waals surface area (Å²) in [6.45, 7) is 2.77. The summed E-state index contributed by atoms with van der Waals surface area (Å²) in [6, 6.07) is 3.70. The van der Waals surface area contributed by atoms with Crippen molar-refractivity contribution in [2.24, 2.45) is 0 Å². The smallest absolute Gasteiger partial charge is 0.225 e. The zero-order chi connectivity index (χ0) is 12.3. The van der Waals surface area contributed by atoms with Crippen LogP contribution in [0.5, 0.6) is 0 Å². The van der Waals surface area contributed by atoms with Crippen LogP contribution in [0.3, 0.4) is 0 Å². The fraction of sp³-hybridized carbons (Fsp3) is 0.300. The molecule has 0 aromatic carbocycles. The predicted molar refractivity (Wildman–Crippen MR) is 69.5 cm³/mol. The maximum atomic E-state index is 5.63. The fourth-order valence-electron chi connectivity index (χ4n) is 1.45. The van der Waals surface area contributed by atoms with E-state index in [4.69, 9.17) is 5.73 Å². The molecule has 2 aromatic rings. The van der Waals surface area contributed by atoms with Gasteiger partial charge in [0.05, 0.1) is 6.54 Å². The van der Waals surface area contributed by atoms with Crippen molar-refractivity contribution in [2.75, 3.05) is 11.1 Å². The van der Waals surface area contributed by atoms with E-state index < -0.39 is 0 Å². The minimum Gasteiger partial charge on any atom is -0.383 e. The van der Waals surface area contributed by atoms with Crippen molar-refractivity contribution < 1.29 is 0 Å². The Morgan fingerprint density at radius 1 is 1.53 bits per heavy atom. The number of nitrogens with two attached hydrogens (primary N) is 1. The van der Waals surface area contributed by atoms with Gasteiger partial charge in [0.15, 0.2) is 0 Å². The van der Waals surface area contributed by atoms with Gasteiger partial charge in [-0.15, -0.1) is 0 Å². The van der Waals surface area contributed by atoms with Crippen LogP contribution in [-0.2, 0) is 6.54 Å². The van der Waals surface area contributed by atoms with Crippen LogP contribution in [0, 0.1) is 0 Å². The molecule has 2 aromatic heterocycles. The summed E-state index contributed by atoms with van der Waals surface area (Å²) < 4.78 is 2.51. The number of nitrogens with zero attached hydrogens (tertiary/aromatic N) is 4. The van der Waals surface area contributed by atoms with Gasteiger partial charge in [-0.1, -0.05) is 0 Å². The Bertz CT molecular complexity index is 463. The van der Waals surface area contributed by atoms with E-state index in [1.807, 2.05) is 23.9 Å². The molecule has 0 spiro atoms. The molecule has 3 N–H and O–H groups in total. The molecule has 7 heteroatoms. The fourth-order valence-corrected chi connectivity index (χ4v) is 1.86. The first-order valence-corrected chi connectivity index (χ1v) is 5.97. The third-order valence-corrected chi connectivity index (χ3v) is 2.52. The summed E-state index contributed by atoms with van der Waals surface area (Å²) in [5.41, 5.74) is 5.63. The van der Waals surface area contributed by atoms with Crippen LogP contribution in [0.15, 0.2) is 29.1 Å². The zero-order valence-corrected chi connectivity index (χ0v) is 10.9. The molecule has 0 bridgehead atoms. The lowest BCUT2D eigenvalue weighted by molar-refractivity contribution is 0.558. The normalized spacial score (nSPS) is 12.4. The van der Waals surface area contributed by atoms with Crippen molar-refractivity contribution in [3.63, 3.8) is 0 Å². The molecule has 0 radical (unpaired) electrons. The van der Waals surface area contributed by atoms with E-state index in [0.717, 1.165) is 6.54 Å². The standard InChI is InChI=1S/C10H13BrN6/c1-7(6-17-4-2-3-13-17)14-10-15-8(11)5-9(12)16-10/h2-5,7H,6H2,1H3,(H3,12,14,15,16).